The van der Waals surface area contributed by atoms with Gasteiger partial charge in [0.25, 0.3) is 0 Å². The van der Waals surface area contributed by atoms with Gasteiger partial charge in [-0.25, -0.2) is 0 Å². The largest absolute Gasteiger partial charge is 1.00 e. The first-order valence-electron chi connectivity index (χ1n) is 18.0. The molecule has 2 aliphatic heterocycles. The van der Waals surface area contributed by atoms with E-state index in [4.69, 9.17) is 6.58 Å². The zero-order valence-electron chi connectivity index (χ0n) is 27.9. The van der Waals surface area contributed by atoms with Crippen molar-refractivity contribution in [1.29, 1.82) is 0 Å². The normalized spacial score (nSPS) is 27.7. The van der Waals surface area contributed by atoms with Gasteiger partial charge in [0, 0.05) is 0 Å². The minimum atomic E-state index is -3.02. The molecule has 0 aromatic carbocycles. The van der Waals surface area contributed by atoms with Crippen molar-refractivity contribution < 1.29 is 38.2 Å². The third-order valence-corrected chi connectivity index (χ3v) is 20.8. The first-order chi connectivity index (χ1) is 20.0. The average Bonchev–Trinajstić information content (AvgIpc) is 3.65. The summed E-state index contributed by atoms with van der Waals surface area (Å²) in [5.41, 5.74) is 0. The van der Waals surface area contributed by atoms with Crippen LogP contribution < -0.4 is 24.8 Å². The van der Waals surface area contributed by atoms with Crippen molar-refractivity contribution in [2.75, 3.05) is 26.2 Å². The molecule has 2 saturated heterocycles. The van der Waals surface area contributed by atoms with Crippen LogP contribution in [0.15, 0.2) is 6.58 Å². The fraction of sp³-hybridized carbons (Fsp3) is 0.889. The Hall–Kier alpha value is 0.433. The molecule has 0 spiro atoms. The van der Waals surface area contributed by atoms with Gasteiger partial charge in [0.15, 0.2) is 0 Å². The maximum Gasteiger partial charge on any atom is -1.00 e. The molecule has 7 heteroatoms. The molecule has 2 heterocycles. The molecule has 0 atom stereocenters. The first kappa shape index (κ1) is 36.3. The van der Waals surface area contributed by atoms with E-state index in [-0.39, 0.29) is 28.8 Å². The van der Waals surface area contributed by atoms with Crippen LogP contribution >= 0.6 is 0 Å². The molecule has 0 aromatic rings. The Morgan fingerprint density at radius 3 is 0.907 bits per heavy atom. The minimum Gasteiger partial charge on any atom is -1.00 e. The van der Waals surface area contributed by atoms with Gasteiger partial charge in [0.05, 0.1) is 0 Å². The second-order valence-corrected chi connectivity index (χ2v) is 22.5. The first-order valence-corrected chi connectivity index (χ1v) is 21.5. The third-order valence-electron chi connectivity index (χ3n) is 11.6. The van der Waals surface area contributed by atoms with Gasteiger partial charge in [-0.3, -0.25) is 0 Å². The summed E-state index contributed by atoms with van der Waals surface area (Å²) in [4.78, 5) is 12.2. The van der Waals surface area contributed by atoms with Crippen molar-refractivity contribution in [2.45, 2.75) is 177 Å². The topological polar surface area (TPSA) is 13.0 Å². The van der Waals surface area contributed by atoms with Gasteiger partial charge >= 0.3 is 256 Å². The minimum absolute atomic E-state index is 0. The van der Waals surface area contributed by atoms with Crippen LogP contribution in [0.25, 0.3) is 0 Å². The predicted octanol–water partition coefficient (Wildman–Crippen LogP) is 1.69. The number of halogens is 2. The van der Waals surface area contributed by atoms with E-state index in [2.05, 4.69) is 44.6 Å². The van der Waals surface area contributed by atoms with E-state index in [1.807, 2.05) is 0 Å². The van der Waals surface area contributed by atoms with Crippen molar-refractivity contribution in [3.05, 3.63) is 6.58 Å². The maximum absolute atomic E-state index is 4.81. The molecule has 0 unspecified atom stereocenters. The molecule has 43 heavy (non-hydrogen) atoms. The molecule has 6 rings (SSSR count). The van der Waals surface area contributed by atoms with Gasteiger partial charge in [-0.1, -0.05) is 0 Å². The quantitative estimate of drug-likeness (QED) is 0.410. The van der Waals surface area contributed by atoms with Gasteiger partial charge in [-0.2, -0.15) is 0 Å². The molecular formula is C36H63Cl2N4Ru. The van der Waals surface area contributed by atoms with Crippen LogP contribution in [0.4, 0.5) is 0 Å². The van der Waals surface area contributed by atoms with Gasteiger partial charge in [0.2, 0.25) is 0 Å². The maximum atomic E-state index is 4.81. The van der Waals surface area contributed by atoms with Gasteiger partial charge in [0.1, 0.15) is 0 Å². The Morgan fingerprint density at radius 1 is 0.488 bits per heavy atom. The van der Waals surface area contributed by atoms with Crippen molar-refractivity contribution >= 4 is 13.0 Å². The fourth-order valence-corrected chi connectivity index (χ4v) is 18.7. The van der Waals surface area contributed by atoms with Crippen molar-refractivity contribution in [2.24, 2.45) is 0 Å². The smallest absolute Gasteiger partial charge is 1.00 e. The van der Waals surface area contributed by atoms with Crippen LogP contribution in [0, 0.1) is 0 Å². The van der Waals surface area contributed by atoms with E-state index < -0.39 is 13.4 Å². The van der Waals surface area contributed by atoms with Crippen LogP contribution in [0.2, 0.25) is 4.01 Å². The Morgan fingerprint density at radius 2 is 0.721 bits per heavy atom. The molecule has 249 valence electrons. The Kier molecular flexibility index (Phi) is 13.5. The molecule has 6 aliphatic rings. The molecule has 4 aliphatic carbocycles. The van der Waals surface area contributed by atoms with Crippen LogP contribution in [0.3, 0.4) is 0 Å². The van der Waals surface area contributed by atoms with Crippen LogP contribution in [-0.2, 0) is 13.4 Å². The van der Waals surface area contributed by atoms with Crippen LogP contribution in [-0.4, -0.2) is 82.9 Å². The monoisotopic (exact) mass is 723 g/mol. The van der Waals surface area contributed by atoms with Crippen molar-refractivity contribution in [3.8, 4) is 0 Å². The zero-order chi connectivity index (χ0) is 28.5. The van der Waals surface area contributed by atoms with E-state index in [0.29, 0.717) is 0 Å². The van der Waals surface area contributed by atoms with Crippen molar-refractivity contribution in [1.82, 2.24) is 19.6 Å². The molecular weight excluding hydrogens is 660 g/mol. The fourth-order valence-electron chi connectivity index (χ4n) is 9.46. The van der Waals surface area contributed by atoms with E-state index >= 15 is 0 Å². The Labute approximate surface area is 279 Å². The Balaban J connectivity index is 0.00000212. The van der Waals surface area contributed by atoms with E-state index in [9.17, 15) is 0 Å². The summed E-state index contributed by atoms with van der Waals surface area (Å²) in [6.07, 6.45) is 28.3. The second-order valence-electron chi connectivity index (χ2n) is 15.1. The molecule has 4 saturated carbocycles. The number of nitrogens with zero attached hydrogens (tertiary/aromatic N) is 4. The number of hydrogen-bond acceptors (Lipinski definition) is 4. The number of hydrogen-bond donors (Lipinski definition) is 0. The Bertz CT molecular complexity index is 998. The molecule has 4 nitrogen and oxygen atoms in total. The summed E-state index contributed by atoms with van der Waals surface area (Å²) in [5, 5.41) is 0. The predicted molar refractivity (Wildman–Crippen MR) is 175 cm³/mol. The van der Waals surface area contributed by atoms with Gasteiger partial charge < -0.3 is 24.8 Å². The molecule has 0 N–H and O–H groups in total. The van der Waals surface area contributed by atoms with E-state index in [1.165, 1.54) is 155 Å². The third kappa shape index (κ3) is 7.16. The summed E-state index contributed by atoms with van der Waals surface area (Å²) in [5.74, 6) is 0. The average molecular weight is 724 g/mol. The summed E-state index contributed by atoms with van der Waals surface area (Å²) in [7, 11) is 0. The summed E-state index contributed by atoms with van der Waals surface area (Å²) >= 11 is -3.02. The zero-order valence-corrected chi connectivity index (χ0v) is 31.1. The molecule has 6 fully saturated rings. The van der Waals surface area contributed by atoms with E-state index in [0.717, 1.165) is 24.2 Å². The molecule has 0 aromatic heterocycles. The molecule has 0 amide bonds. The summed E-state index contributed by atoms with van der Waals surface area (Å²) < 4.78 is 7.97. The summed E-state index contributed by atoms with van der Waals surface area (Å²) in [6, 6.07) is 2.93. The standard InChI is InChI=1S/2C15H26N2.C4H9.C2H2.2ClH.Ru/c2*1-3-7-14(8-4-1)16-11-12-17(13-16)15-9-5-2-6-10-15;1-4(2)3;1-2;;;/h2*14-15H,1-12H2;1-3H3;1H2;2*1H;/q;;;;;;+2/p-2. The second kappa shape index (κ2) is 16.0. The summed E-state index contributed by atoms with van der Waals surface area (Å²) in [6.45, 7) is 17.6. The van der Waals surface area contributed by atoms with Crippen molar-refractivity contribution in [3.63, 3.8) is 0 Å². The van der Waals surface area contributed by atoms with Crippen LogP contribution in [0.1, 0.15) is 149 Å². The van der Waals surface area contributed by atoms with E-state index in [1.54, 1.807) is 8.71 Å². The number of rotatable bonds is 4. The van der Waals surface area contributed by atoms with Gasteiger partial charge in [-0.15, -0.1) is 0 Å². The van der Waals surface area contributed by atoms with Crippen LogP contribution in [0.5, 0.6) is 0 Å². The SMILES string of the molecule is C=[C]=[Ru+2](=[C]1N(C2CCCCC2)CCN1C1CCCCC1)(=[C]1N(C2CCCCC2)CCN1C1CCCCC1)[C](C)(C)C.[Cl-].[Cl-]. The van der Waals surface area contributed by atoms with Gasteiger partial charge in [-0.05, 0) is 0 Å². The molecule has 0 bridgehead atoms. The molecule has 0 radical (unpaired) electrons.